The van der Waals surface area contributed by atoms with Gasteiger partial charge in [-0.1, -0.05) is 48.5 Å². The van der Waals surface area contributed by atoms with E-state index in [1.54, 1.807) is 12.1 Å². The molecule has 0 radical (unpaired) electrons. The highest BCUT2D eigenvalue weighted by Crippen LogP contribution is 2.13. The van der Waals surface area contributed by atoms with Crippen LogP contribution < -0.4 is 10.6 Å². The van der Waals surface area contributed by atoms with Crippen molar-refractivity contribution in [3.63, 3.8) is 0 Å². The number of halogens is 1. The van der Waals surface area contributed by atoms with Gasteiger partial charge in [0.2, 0.25) is 11.8 Å². The zero-order chi connectivity index (χ0) is 15.5. The standard InChI is InChI=1S/C16H23BrN2O2/c1-2-3-4-5-6-7-15(20)18-12-16(21)19-14-10-8-13(17)9-11-14/h8-11H,2-7,12H2,1H3,(H,18,20)(H,19,21). The molecule has 21 heavy (non-hydrogen) atoms. The Morgan fingerprint density at radius 2 is 1.67 bits per heavy atom. The predicted octanol–water partition coefficient (Wildman–Crippen LogP) is 3.86. The molecule has 0 spiro atoms. The van der Waals surface area contributed by atoms with Gasteiger partial charge in [0.15, 0.2) is 0 Å². The second kappa shape index (κ2) is 10.4. The van der Waals surface area contributed by atoms with E-state index in [1.165, 1.54) is 19.3 Å². The second-order valence-corrected chi connectivity index (χ2v) is 5.91. The van der Waals surface area contributed by atoms with Gasteiger partial charge in [-0.05, 0) is 30.7 Å². The largest absolute Gasteiger partial charge is 0.347 e. The molecule has 4 nitrogen and oxygen atoms in total. The summed E-state index contributed by atoms with van der Waals surface area (Å²) in [5.41, 5.74) is 0.719. The third-order valence-electron chi connectivity index (χ3n) is 3.08. The monoisotopic (exact) mass is 354 g/mol. The number of unbranched alkanes of at least 4 members (excludes halogenated alkanes) is 4. The smallest absolute Gasteiger partial charge is 0.243 e. The summed E-state index contributed by atoms with van der Waals surface area (Å²) in [6.45, 7) is 2.18. The number of benzene rings is 1. The van der Waals surface area contributed by atoms with Crippen molar-refractivity contribution >= 4 is 33.4 Å². The van der Waals surface area contributed by atoms with Crippen molar-refractivity contribution in [3.8, 4) is 0 Å². The zero-order valence-electron chi connectivity index (χ0n) is 12.5. The van der Waals surface area contributed by atoms with E-state index in [2.05, 4.69) is 33.5 Å². The summed E-state index contributed by atoms with van der Waals surface area (Å²) in [7, 11) is 0. The fourth-order valence-corrected chi connectivity index (χ4v) is 2.16. The molecule has 0 aliphatic carbocycles. The Morgan fingerprint density at radius 3 is 2.33 bits per heavy atom. The van der Waals surface area contributed by atoms with Crippen LogP contribution in [-0.2, 0) is 9.59 Å². The summed E-state index contributed by atoms with van der Waals surface area (Å²) in [5, 5.41) is 5.38. The van der Waals surface area contributed by atoms with Crippen molar-refractivity contribution in [2.45, 2.75) is 45.4 Å². The first-order valence-corrected chi connectivity index (χ1v) is 8.23. The third kappa shape index (κ3) is 8.50. The van der Waals surface area contributed by atoms with E-state index in [0.29, 0.717) is 6.42 Å². The zero-order valence-corrected chi connectivity index (χ0v) is 14.0. The van der Waals surface area contributed by atoms with E-state index in [-0.39, 0.29) is 18.4 Å². The Morgan fingerprint density at radius 1 is 1.00 bits per heavy atom. The van der Waals surface area contributed by atoms with Crippen LogP contribution in [0.5, 0.6) is 0 Å². The highest BCUT2D eigenvalue weighted by atomic mass is 79.9. The number of hydrogen-bond donors (Lipinski definition) is 2. The van der Waals surface area contributed by atoms with Crippen LogP contribution in [0.4, 0.5) is 5.69 Å². The maximum Gasteiger partial charge on any atom is 0.243 e. The number of amides is 2. The number of nitrogens with one attached hydrogen (secondary N) is 2. The summed E-state index contributed by atoms with van der Waals surface area (Å²) in [5.74, 6) is -0.269. The summed E-state index contributed by atoms with van der Waals surface area (Å²) in [4.78, 5) is 23.3. The predicted molar refractivity (Wildman–Crippen MR) is 89.2 cm³/mol. The molecule has 0 aliphatic rings. The molecule has 0 aliphatic heterocycles. The lowest BCUT2D eigenvalue weighted by atomic mass is 10.1. The molecule has 0 saturated heterocycles. The average Bonchev–Trinajstić information content (AvgIpc) is 2.47. The SMILES string of the molecule is CCCCCCCC(=O)NCC(=O)Nc1ccc(Br)cc1. The van der Waals surface area contributed by atoms with Crippen molar-refractivity contribution in [2.24, 2.45) is 0 Å². The molecule has 0 bridgehead atoms. The molecule has 0 unspecified atom stereocenters. The van der Waals surface area contributed by atoms with E-state index in [4.69, 9.17) is 0 Å². The van der Waals surface area contributed by atoms with Gasteiger partial charge < -0.3 is 10.6 Å². The second-order valence-electron chi connectivity index (χ2n) is 5.00. The van der Waals surface area contributed by atoms with E-state index in [1.807, 2.05) is 12.1 Å². The highest BCUT2D eigenvalue weighted by Gasteiger charge is 2.05. The fraction of sp³-hybridized carbons (Fsp3) is 0.500. The van der Waals surface area contributed by atoms with E-state index in [9.17, 15) is 9.59 Å². The lowest BCUT2D eigenvalue weighted by Gasteiger charge is -2.07. The first-order valence-electron chi connectivity index (χ1n) is 7.44. The first kappa shape index (κ1) is 17.7. The molecular weight excluding hydrogens is 332 g/mol. The number of rotatable bonds is 9. The van der Waals surface area contributed by atoms with Crippen LogP contribution in [0.25, 0.3) is 0 Å². The lowest BCUT2D eigenvalue weighted by molar-refractivity contribution is -0.124. The summed E-state index contributed by atoms with van der Waals surface area (Å²) in [6.07, 6.45) is 6.05. The van der Waals surface area contributed by atoms with Crippen LogP contribution in [0.15, 0.2) is 28.7 Å². The fourth-order valence-electron chi connectivity index (χ4n) is 1.89. The van der Waals surface area contributed by atoms with Crippen LogP contribution >= 0.6 is 15.9 Å². The van der Waals surface area contributed by atoms with Crippen molar-refractivity contribution in [1.82, 2.24) is 5.32 Å². The van der Waals surface area contributed by atoms with Gasteiger partial charge in [-0.15, -0.1) is 0 Å². The normalized spacial score (nSPS) is 10.2. The highest BCUT2D eigenvalue weighted by molar-refractivity contribution is 9.10. The maximum absolute atomic E-state index is 11.7. The molecule has 2 N–H and O–H groups in total. The Kier molecular flexibility index (Phi) is 8.74. The van der Waals surface area contributed by atoms with Gasteiger partial charge in [0, 0.05) is 16.6 Å². The van der Waals surface area contributed by atoms with Crippen LogP contribution in [-0.4, -0.2) is 18.4 Å². The molecule has 116 valence electrons. The summed E-state index contributed by atoms with van der Waals surface area (Å²) >= 11 is 3.33. The summed E-state index contributed by atoms with van der Waals surface area (Å²) < 4.78 is 0.955. The van der Waals surface area contributed by atoms with Crippen molar-refractivity contribution in [2.75, 3.05) is 11.9 Å². The van der Waals surface area contributed by atoms with Crippen LogP contribution in [0, 0.1) is 0 Å². The number of carbonyl (C=O) groups is 2. The number of anilines is 1. The maximum atomic E-state index is 11.7. The van der Waals surface area contributed by atoms with Crippen molar-refractivity contribution in [3.05, 3.63) is 28.7 Å². The number of hydrogen-bond acceptors (Lipinski definition) is 2. The Bertz CT molecular complexity index is 446. The van der Waals surface area contributed by atoms with Gasteiger partial charge in [0.05, 0.1) is 6.54 Å². The van der Waals surface area contributed by atoms with E-state index in [0.717, 1.165) is 23.0 Å². The molecule has 1 aromatic rings. The van der Waals surface area contributed by atoms with Gasteiger partial charge >= 0.3 is 0 Å². The molecule has 0 atom stereocenters. The topological polar surface area (TPSA) is 58.2 Å². The molecule has 5 heteroatoms. The number of carbonyl (C=O) groups excluding carboxylic acids is 2. The van der Waals surface area contributed by atoms with Gasteiger partial charge in [0.1, 0.15) is 0 Å². The van der Waals surface area contributed by atoms with Crippen LogP contribution in [0.3, 0.4) is 0 Å². The quantitative estimate of drug-likeness (QED) is 0.661. The third-order valence-corrected chi connectivity index (χ3v) is 3.61. The lowest BCUT2D eigenvalue weighted by Crippen LogP contribution is -2.32. The molecule has 0 heterocycles. The van der Waals surface area contributed by atoms with E-state index < -0.39 is 0 Å². The molecule has 0 fully saturated rings. The minimum atomic E-state index is -0.211. The molecule has 0 saturated carbocycles. The van der Waals surface area contributed by atoms with E-state index >= 15 is 0 Å². The molecular formula is C16H23BrN2O2. The van der Waals surface area contributed by atoms with Gasteiger partial charge in [-0.3, -0.25) is 9.59 Å². The average molecular weight is 355 g/mol. The molecule has 1 aromatic carbocycles. The van der Waals surface area contributed by atoms with Gasteiger partial charge in [-0.2, -0.15) is 0 Å². The van der Waals surface area contributed by atoms with Crippen molar-refractivity contribution in [1.29, 1.82) is 0 Å². The summed E-state index contributed by atoms with van der Waals surface area (Å²) in [6, 6.07) is 7.31. The van der Waals surface area contributed by atoms with Crippen LogP contribution in [0.2, 0.25) is 0 Å². The molecule has 2 amide bonds. The first-order chi connectivity index (χ1) is 10.1. The Balaban J connectivity index is 2.14. The Hall–Kier alpha value is -1.36. The van der Waals surface area contributed by atoms with Crippen LogP contribution in [0.1, 0.15) is 45.4 Å². The van der Waals surface area contributed by atoms with Gasteiger partial charge in [0.25, 0.3) is 0 Å². The van der Waals surface area contributed by atoms with Gasteiger partial charge in [-0.25, -0.2) is 0 Å². The minimum absolute atomic E-state index is 0.0177. The van der Waals surface area contributed by atoms with Crippen molar-refractivity contribution < 1.29 is 9.59 Å². The molecule has 0 aromatic heterocycles. The minimum Gasteiger partial charge on any atom is -0.347 e. The molecule has 1 rings (SSSR count). The Labute approximate surface area is 134 Å².